The summed E-state index contributed by atoms with van der Waals surface area (Å²) in [5, 5.41) is 11.0. The third-order valence-electron chi connectivity index (χ3n) is 3.47. The second-order valence-corrected chi connectivity index (χ2v) is 7.58. The Morgan fingerprint density at radius 1 is 1.15 bits per heavy atom. The van der Waals surface area contributed by atoms with E-state index >= 15 is 0 Å². The average Bonchev–Trinajstić information content (AvgIpc) is 2.59. The third-order valence-corrected chi connectivity index (χ3v) is 5.47. The molecule has 138 valence electrons. The Bertz CT molecular complexity index is 1050. The molecule has 3 aromatic rings. The Morgan fingerprint density at radius 3 is 2.37 bits per heavy atom. The van der Waals surface area contributed by atoms with Gasteiger partial charge in [0.2, 0.25) is 0 Å². The highest BCUT2D eigenvalue weighted by molar-refractivity contribution is 14.1. The van der Waals surface area contributed by atoms with Crippen molar-refractivity contribution in [3.05, 3.63) is 89.4 Å². The van der Waals surface area contributed by atoms with Crippen molar-refractivity contribution in [2.24, 2.45) is 0 Å². The first kappa shape index (κ1) is 19.4. The summed E-state index contributed by atoms with van der Waals surface area (Å²) in [5.41, 5.74) is 0.322. The van der Waals surface area contributed by atoms with E-state index in [1.807, 2.05) is 22.6 Å². The molecule has 1 heterocycles. The number of H-pyrrole nitrogens is 1. The summed E-state index contributed by atoms with van der Waals surface area (Å²) in [6, 6.07) is 8.93. The van der Waals surface area contributed by atoms with E-state index in [0.717, 1.165) is 17.8 Å². The number of hydrogen-bond acceptors (Lipinski definition) is 5. The minimum atomic E-state index is -0.703. The van der Waals surface area contributed by atoms with E-state index in [1.165, 1.54) is 24.3 Å². The predicted molar refractivity (Wildman–Crippen MR) is 104 cm³/mol. The molecule has 0 fully saturated rings. The lowest BCUT2D eigenvalue weighted by Gasteiger charge is -2.07. The molecule has 0 aliphatic heterocycles. The predicted octanol–water partition coefficient (Wildman–Crippen LogP) is 4.30. The number of halogens is 3. The van der Waals surface area contributed by atoms with E-state index in [0.29, 0.717) is 19.7 Å². The van der Waals surface area contributed by atoms with Crippen LogP contribution >= 0.6 is 34.4 Å². The van der Waals surface area contributed by atoms with Gasteiger partial charge in [-0.3, -0.25) is 14.9 Å². The zero-order chi connectivity index (χ0) is 19.6. The highest BCUT2D eigenvalue weighted by Crippen LogP contribution is 2.27. The monoisotopic (exact) mass is 501 g/mol. The Kier molecular flexibility index (Phi) is 5.85. The smallest absolute Gasteiger partial charge is 0.269 e. The SMILES string of the molecule is O=c1[nH]c(Sc2ccc([N+](=O)[O-])cc2)nc(Cc2cc(F)cc(F)c2)c1I. The number of non-ortho nitro benzene ring substituents is 1. The Morgan fingerprint density at radius 2 is 1.78 bits per heavy atom. The summed E-state index contributed by atoms with van der Waals surface area (Å²) in [6.45, 7) is 0. The zero-order valence-electron chi connectivity index (χ0n) is 13.4. The maximum absolute atomic E-state index is 13.4. The molecule has 0 saturated heterocycles. The molecule has 1 N–H and O–H groups in total. The van der Waals surface area contributed by atoms with E-state index in [-0.39, 0.29) is 22.8 Å². The molecule has 0 amide bonds. The van der Waals surface area contributed by atoms with Crippen LogP contribution in [0.2, 0.25) is 0 Å². The van der Waals surface area contributed by atoms with Crippen LogP contribution in [0, 0.1) is 25.3 Å². The number of rotatable bonds is 5. The molecule has 6 nitrogen and oxygen atoms in total. The topological polar surface area (TPSA) is 88.9 Å². The first-order valence-electron chi connectivity index (χ1n) is 7.48. The maximum atomic E-state index is 13.4. The van der Waals surface area contributed by atoms with Crippen molar-refractivity contribution in [1.29, 1.82) is 0 Å². The van der Waals surface area contributed by atoms with Gasteiger partial charge < -0.3 is 4.98 Å². The lowest BCUT2D eigenvalue weighted by molar-refractivity contribution is -0.384. The normalized spacial score (nSPS) is 10.8. The van der Waals surface area contributed by atoms with Gasteiger partial charge in [-0.2, -0.15) is 0 Å². The first-order chi connectivity index (χ1) is 12.8. The molecule has 0 unspecified atom stereocenters. The molecular formula is C17H10F2IN3O3S. The van der Waals surface area contributed by atoms with Gasteiger partial charge in [0.25, 0.3) is 11.2 Å². The molecule has 1 aromatic heterocycles. The second kappa shape index (κ2) is 8.13. The minimum Gasteiger partial charge on any atom is -0.300 e. The summed E-state index contributed by atoms with van der Waals surface area (Å²) in [4.78, 5) is 30.0. The van der Waals surface area contributed by atoms with Gasteiger partial charge in [0.15, 0.2) is 5.16 Å². The number of nitrogens with one attached hydrogen (secondary N) is 1. The van der Waals surface area contributed by atoms with Crippen LogP contribution in [0.3, 0.4) is 0 Å². The van der Waals surface area contributed by atoms with E-state index in [1.54, 1.807) is 12.1 Å². The van der Waals surface area contributed by atoms with Crippen LogP contribution in [0.25, 0.3) is 0 Å². The van der Waals surface area contributed by atoms with Gasteiger partial charge in [0.1, 0.15) is 15.2 Å². The summed E-state index contributed by atoms with van der Waals surface area (Å²) >= 11 is 2.95. The van der Waals surface area contributed by atoms with Gasteiger partial charge in [0.05, 0.1) is 10.6 Å². The maximum Gasteiger partial charge on any atom is 0.269 e. The fraction of sp³-hybridized carbons (Fsp3) is 0.0588. The molecule has 0 aliphatic carbocycles. The van der Waals surface area contributed by atoms with Crippen LogP contribution < -0.4 is 5.56 Å². The highest BCUT2D eigenvalue weighted by Gasteiger charge is 2.13. The van der Waals surface area contributed by atoms with Gasteiger partial charge in [-0.1, -0.05) is 11.8 Å². The number of nitro benzene ring substituents is 1. The molecule has 0 saturated carbocycles. The molecule has 0 radical (unpaired) electrons. The highest BCUT2D eigenvalue weighted by atomic mass is 127. The van der Waals surface area contributed by atoms with Crippen molar-refractivity contribution in [2.75, 3.05) is 0 Å². The average molecular weight is 501 g/mol. The standard InChI is InChI=1S/C17H10F2IN3O3S/c18-10-5-9(6-11(19)8-10)7-14-15(20)16(24)22-17(21-14)27-13-3-1-12(2-4-13)23(25)26/h1-6,8H,7H2,(H,21,22,24). The van der Waals surface area contributed by atoms with Crippen molar-refractivity contribution in [3.63, 3.8) is 0 Å². The van der Waals surface area contributed by atoms with Gasteiger partial charge in [-0.15, -0.1) is 0 Å². The minimum absolute atomic E-state index is 0.0442. The van der Waals surface area contributed by atoms with Crippen LogP contribution in [-0.2, 0) is 6.42 Å². The van der Waals surface area contributed by atoms with Crippen LogP contribution in [0.4, 0.5) is 14.5 Å². The molecule has 0 atom stereocenters. The van der Waals surface area contributed by atoms with Crippen molar-refractivity contribution in [1.82, 2.24) is 9.97 Å². The van der Waals surface area contributed by atoms with E-state index in [9.17, 15) is 23.7 Å². The van der Waals surface area contributed by atoms with Crippen LogP contribution in [0.15, 0.2) is 57.3 Å². The van der Waals surface area contributed by atoms with E-state index in [4.69, 9.17) is 0 Å². The zero-order valence-corrected chi connectivity index (χ0v) is 16.4. The molecule has 27 heavy (non-hydrogen) atoms. The summed E-state index contributed by atoms with van der Waals surface area (Å²) in [6.07, 6.45) is 0.0880. The Labute approximate surface area is 169 Å². The van der Waals surface area contributed by atoms with Crippen LogP contribution in [0.1, 0.15) is 11.3 Å². The fourth-order valence-electron chi connectivity index (χ4n) is 2.30. The number of hydrogen-bond donors (Lipinski definition) is 1. The first-order valence-corrected chi connectivity index (χ1v) is 9.37. The van der Waals surface area contributed by atoms with Gasteiger partial charge in [-0.25, -0.2) is 13.8 Å². The summed E-state index contributed by atoms with van der Waals surface area (Å²) < 4.78 is 27.1. The molecule has 0 aliphatic rings. The quantitative estimate of drug-likeness (QED) is 0.244. The van der Waals surface area contributed by atoms with E-state index in [2.05, 4.69) is 9.97 Å². The molecule has 0 spiro atoms. The summed E-state index contributed by atoms with van der Waals surface area (Å²) in [7, 11) is 0. The van der Waals surface area contributed by atoms with Crippen molar-refractivity contribution >= 4 is 40.0 Å². The molecule has 10 heteroatoms. The molecular weight excluding hydrogens is 491 g/mol. The number of aromatic amines is 1. The van der Waals surface area contributed by atoms with Crippen molar-refractivity contribution in [2.45, 2.75) is 16.5 Å². The van der Waals surface area contributed by atoms with Gasteiger partial charge in [0, 0.05) is 29.5 Å². The largest absolute Gasteiger partial charge is 0.300 e. The number of aromatic nitrogens is 2. The van der Waals surface area contributed by atoms with Gasteiger partial charge >= 0.3 is 0 Å². The third kappa shape index (κ3) is 4.89. The molecule has 2 aromatic carbocycles. The van der Waals surface area contributed by atoms with Crippen molar-refractivity contribution < 1.29 is 13.7 Å². The fourth-order valence-corrected chi connectivity index (χ4v) is 3.54. The molecule has 0 bridgehead atoms. The number of nitrogens with zero attached hydrogens (tertiary/aromatic N) is 2. The Balaban J connectivity index is 1.89. The molecule has 3 rings (SSSR count). The lowest BCUT2D eigenvalue weighted by Crippen LogP contribution is -2.16. The van der Waals surface area contributed by atoms with E-state index < -0.39 is 16.6 Å². The number of benzene rings is 2. The number of nitro groups is 1. The van der Waals surface area contributed by atoms with Crippen LogP contribution in [0.5, 0.6) is 0 Å². The van der Waals surface area contributed by atoms with Gasteiger partial charge in [-0.05, 0) is 52.4 Å². The summed E-state index contributed by atoms with van der Waals surface area (Å²) in [5.74, 6) is -1.41. The Hall–Kier alpha value is -2.34. The second-order valence-electron chi connectivity index (χ2n) is 5.44. The van der Waals surface area contributed by atoms with Crippen molar-refractivity contribution in [3.8, 4) is 0 Å². The van der Waals surface area contributed by atoms with Crippen LogP contribution in [-0.4, -0.2) is 14.9 Å². The lowest BCUT2D eigenvalue weighted by atomic mass is 10.1.